The normalized spacial score (nSPS) is 13.4. The van der Waals surface area contributed by atoms with E-state index in [1.807, 2.05) is 37.4 Å². The van der Waals surface area contributed by atoms with Crippen LogP contribution in [0, 0.1) is 5.82 Å². The number of halogens is 1. The van der Waals surface area contributed by atoms with Gasteiger partial charge in [0, 0.05) is 19.2 Å². The van der Waals surface area contributed by atoms with Gasteiger partial charge in [0.25, 0.3) is 0 Å². The molecule has 3 N–H and O–H groups in total. The van der Waals surface area contributed by atoms with Gasteiger partial charge in [-0.25, -0.2) is 13.9 Å². The van der Waals surface area contributed by atoms with Crippen LogP contribution < -0.4 is 11.1 Å². The summed E-state index contributed by atoms with van der Waals surface area (Å²) >= 11 is 0. The van der Waals surface area contributed by atoms with Crippen molar-refractivity contribution in [1.29, 1.82) is 0 Å². The molecule has 1 atom stereocenters. The van der Waals surface area contributed by atoms with Crippen molar-refractivity contribution in [3.8, 4) is 0 Å². The van der Waals surface area contributed by atoms with Gasteiger partial charge in [-0.05, 0) is 55.8 Å². The minimum absolute atomic E-state index is 0.133. The predicted molar refractivity (Wildman–Crippen MR) is 107 cm³/mol. The first-order chi connectivity index (χ1) is 13.2. The van der Waals surface area contributed by atoms with Gasteiger partial charge in [0.1, 0.15) is 17.2 Å². The number of benzene rings is 1. The molecule has 0 saturated carbocycles. The number of fused-ring (bicyclic) bond motifs is 1. The van der Waals surface area contributed by atoms with E-state index < -0.39 is 0 Å². The Morgan fingerprint density at radius 1 is 1.33 bits per heavy atom. The van der Waals surface area contributed by atoms with Crippen molar-refractivity contribution in [3.05, 3.63) is 72.0 Å². The van der Waals surface area contributed by atoms with E-state index >= 15 is 0 Å². The number of hydrogen-bond donors (Lipinski definition) is 2. The number of hydrogen-bond acceptors (Lipinski definition) is 4. The molecule has 0 aliphatic rings. The van der Waals surface area contributed by atoms with Gasteiger partial charge in [0.05, 0.1) is 0 Å². The second-order valence-electron chi connectivity index (χ2n) is 6.07. The highest BCUT2D eigenvalue weighted by molar-refractivity contribution is 6.05. The molecule has 3 rings (SSSR count). The summed E-state index contributed by atoms with van der Waals surface area (Å²) in [5.74, 6) is 1.57. The lowest BCUT2D eigenvalue weighted by Gasteiger charge is -2.17. The Morgan fingerprint density at radius 3 is 2.78 bits per heavy atom. The van der Waals surface area contributed by atoms with E-state index in [0.29, 0.717) is 30.4 Å². The number of allylic oxidation sites excluding steroid dienone is 1. The minimum atomic E-state index is -0.274. The fraction of sp³-hybridized carbons (Fsp3) is 0.250. The van der Waals surface area contributed by atoms with Crippen LogP contribution in [0.2, 0.25) is 0 Å². The zero-order valence-corrected chi connectivity index (χ0v) is 15.4. The van der Waals surface area contributed by atoms with Crippen molar-refractivity contribution in [2.24, 2.45) is 10.7 Å². The number of aliphatic imine (C=N–C) groups is 1. The number of aromatic nitrogens is 3. The van der Waals surface area contributed by atoms with Gasteiger partial charge >= 0.3 is 0 Å². The summed E-state index contributed by atoms with van der Waals surface area (Å²) in [4.78, 5) is 8.98. The second-order valence-corrected chi connectivity index (χ2v) is 6.07. The zero-order valence-electron chi connectivity index (χ0n) is 15.4. The molecule has 0 bridgehead atoms. The average molecular weight is 366 g/mol. The molecule has 0 saturated heterocycles. The van der Waals surface area contributed by atoms with E-state index in [1.54, 1.807) is 23.7 Å². The Balaban J connectivity index is 2.08. The van der Waals surface area contributed by atoms with Crippen LogP contribution >= 0.6 is 0 Å². The van der Waals surface area contributed by atoms with Crippen LogP contribution in [-0.2, 0) is 0 Å². The van der Waals surface area contributed by atoms with Crippen LogP contribution in [0.3, 0.4) is 0 Å². The lowest BCUT2D eigenvalue weighted by molar-refractivity contribution is 0.621. The molecule has 6 nitrogen and oxygen atoms in total. The molecule has 0 fully saturated rings. The summed E-state index contributed by atoms with van der Waals surface area (Å²) in [5.41, 5.74) is 7.60. The van der Waals surface area contributed by atoms with Crippen LogP contribution in [0.5, 0.6) is 0 Å². The van der Waals surface area contributed by atoms with Crippen molar-refractivity contribution in [2.45, 2.75) is 19.3 Å². The smallest absolute Gasteiger partial charge is 0.159 e. The number of nitrogens with two attached hydrogens (primary N) is 1. The molecule has 140 valence electrons. The molecular formula is C20H23FN6. The molecule has 2 aromatic heterocycles. The van der Waals surface area contributed by atoms with Crippen LogP contribution in [0.25, 0.3) is 5.52 Å². The van der Waals surface area contributed by atoms with Gasteiger partial charge < -0.3 is 11.1 Å². The monoisotopic (exact) mass is 366 g/mol. The molecule has 27 heavy (non-hydrogen) atoms. The first kappa shape index (κ1) is 18.7. The van der Waals surface area contributed by atoms with E-state index in [9.17, 15) is 4.39 Å². The molecule has 2 heterocycles. The lowest BCUT2D eigenvalue weighted by Crippen LogP contribution is -2.17. The average Bonchev–Trinajstić information content (AvgIpc) is 3.15. The number of anilines is 1. The number of amidine groups is 1. The van der Waals surface area contributed by atoms with Gasteiger partial charge in [0.15, 0.2) is 11.6 Å². The van der Waals surface area contributed by atoms with Gasteiger partial charge in [-0.1, -0.05) is 18.2 Å². The van der Waals surface area contributed by atoms with Gasteiger partial charge in [-0.15, -0.1) is 0 Å². The highest BCUT2D eigenvalue weighted by atomic mass is 19.1. The minimum Gasteiger partial charge on any atom is -0.330 e. The maximum atomic E-state index is 13.3. The summed E-state index contributed by atoms with van der Waals surface area (Å²) in [6.07, 6.45) is 6.30. The zero-order chi connectivity index (χ0) is 19.2. The van der Waals surface area contributed by atoms with E-state index in [1.165, 1.54) is 12.1 Å². The number of rotatable bonds is 6. The van der Waals surface area contributed by atoms with E-state index in [-0.39, 0.29) is 11.7 Å². The summed E-state index contributed by atoms with van der Waals surface area (Å²) in [7, 11) is 1.72. The van der Waals surface area contributed by atoms with Crippen molar-refractivity contribution in [2.75, 3.05) is 18.9 Å². The maximum absolute atomic E-state index is 13.3. The maximum Gasteiger partial charge on any atom is 0.159 e. The number of nitrogens with one attached hydrogen (secondary N) is 1. The van der Waals surface area contributed by atoms with Crippen LogP contribution in [0.15, 0.2) is 59.7 Å². The molecule has 0 aliphatic carbocycles. The Morgan fingerprint density at radius 2 is 2.11 bits per heavy atom. The van der Waals surface area contributed by atoms with Crippen molar-refractivity contribution >= 4 is 17.2 Å². The molecule has 1 unspecified atom stereocenters. The standard InChI is InChI=1S/C20H23FN6/c1-3-5-18(23-2)24-20-17-6-4-13-27(17)26-19(25-20)16(11-12-22)14-7-9-15(21)10-8-14/h3-10,13,16H,11-12,22H2,1-2H3,(H,23,24,25,26). The summed E-state index contributed by atoms with van der Waals surface area (Å²) in [5, 5.41) is 7.91. The first-order valence-corrected chi connectivity index (χ1v) is 8.83. The molecule has 0 spiro atoms. The Labute approximate surface area is 157 Å². The van der Waals surface area contributed by atoms with Crippen LogP contribution in [-0.4, -0.2) is 34.0 Å². The third kappa shape index (κ3) is 4.20. The summed E-state index contributed by atoms with van der Waals surface area (Å²) in [6.45, 7) is 2.40. The molecule has 0 aliphatic heterocycles. The van der Waals surface area contributed by atoms with Gasteiger partial charge in [-0.3, -0.25) is 4.99 Å². The largest absolute Gasteiger partial charge is 0.330 e. The third-order valence-electron chi connectivity index (χ3n) is 4.26. The topological polar surface area (TPSA) is 80.6 Å². The number of nitrogens with zero attached hydrogens (tertiary/aromatic N) is 4. The highest BCUT2D eigenvalue weighted by Crippen LogP contribution is 2.27. The fourth-order valence-corrected chi connectivity index (χ4v) is 2.95. The lowest BCUT2D eigenvalue weighted by atomic mass is 9.95. The Bertz CT molecular complexity index is 958. The molecule has 7 heteroatoms. The van der Waals surface area contributed by atoms with Crippen LogP contribution in [0.4, 0.5) is 10.2 Å². The van der Waals surface area contributed by atoms with Gasteiger partial charge in [0.2, 0.25) is 0 Å². The van der Waals surface area contributed by atoms with Crippen molar-refractivity contribution in [1.82, 2.24) is 14.6 Å². The highest BCUT2D eigenvalue weighted by Gasteiger charge is 2.20. The van der Waals surface area contributed by atoms with E-state index in [0.717, 1.165) is 11.1 Å². The quantitative estimate of drug-likeness (QED) is 0.518. The molecule has 0 radical (unpaired) electrons. The van der Waals surface area contributed by atoms with E-state index in [2.05, 4.69) is 15.4 Å². The Hall–Kier alpha value is -3.06. The summed E-state index contributed by atoms with van der Waals surface area (Å²) < 4.78 is 15.1. The fourth-order valence-electron chi connectivity index (χ4n) is 2.95. The third-order valence-corrected chi connectivity index (χ3v) is 4.26. The summed E-state index contributed by atoms with van der Waals surface area (Å²) in [6, 6.07) is 10.2. The predicted octanol–water partition coefficient (Wildman–Crippen LogP) is 3.37. The molecular weight excluding hydrogens is 343 g/mol. The first-order valence-electron chi connectivity index (χ1n) is 8.83. The molecule has 0 amide bonds. The van der Waals surface area contributed by atoms with E-state index in [4.69, 9.17) is 10.7 Å². The molecule has 3 aromatic rings. The SMILES string of the molecule is CC=CC(=NC)Nc1nc(C(CCN)c2ccc(F)cc2)nn2cccc12. The van der Waals surface area contributed by atoms with Crippen LogP contribution in [0.1, 0.15) is 30.7 Å². The van der Waals surface area contributed by atoms with Crippen molar-refractivity contribution < 1.29 is 4.39 Å². The Kier molecular flexibility index (Phi) is 5.93. The molecule has 1 aromatic carbocycles. The second kappa shape index (κ2) is 8.55. The van der Waals surface area contributed by atoms with Gasteiger partial charge in [-0.2, -0.15) is 5.10 Å². The van der Waals surface area contributed by atoms with Crippen molar-refractivity contribution in [3.63, 3.8) is 0 Å².